The Morgan fingerprint density at radius 1 is 0.818 bits per heavy atom. The first-order chi connectivity index (χ1) is 10.8. The molecule has 2 aliphatic rings. The smallest absolute Gasteiger partial charge is 0.254 e. The van der Waals surface area contributed by atoms with E-state index in [0.29, 0.717) is 5.92 Å². The molecule has 0 aromatic heterocycles. The second-order valence-electron chi connectivity index (χ2n) is 6.43. The number of fused-ring (bicyclic) bond motifs is 3. The summed E-state index contributed by atoms with van der Waals surface area (Å²) in [7, 11) is 0. The van der Waals surface area contributed by atoms with Crippen LogP contribution in [0.5, 0.6) is 0 Å². The van der Waals surface area contributed by atoms with Crippen LogP contribution in [0, 0.1) is 5.92 Å². The van der Waals surface area contributed by atoms with Gasteiger partial charge in [-0.2, -0.15) is 0 Å². The molecule has 1 aliphatic heterocycles. The Kier molecular flexibility index (Phi) is 3.45. The first-order valence-corrected chi connectivity index (χ1v) is 8.28. The Morgan fingerprint density at radius 3 is 2.32 bits per heavy atom. The maximum atomic E-state index is 12.9. The topological polar surface area (TPSA) is 31.2 Å². The zero-order valence-corrected chi connectivity index (χ0v) is 12.7. The molecule has 0 N–H and O–H groups in total. The molecule has 1 amide bonds. The molecule has 1 fully saturated rings. The molecule has 2 heteroatoms. The molecule has 0 bridgehead atoms. The summed E-state index contributed by atoms with van der Waals surface area (Å²) in [5.74, 6) is 0.425. The van der Waals surface area contributed by atoms with Gasteiger partial charge in [-0.3, -0.25) is 4.79 Å². The summed E-state index contributed by atoms with van der Waals surface area (Å²) in [6.45, 7) is 0. The van der Waals surface area contributed by atoms with Crippen molar-refractivity contribution in [3.8, 4) is 11.1 Å². The van der Waals surface area contributed by atoms with Crippen LogP contribution >= 0.6 is 0 Å². The second kappa shape index (κ2) is 5.60. The number of rotatable bonds is 1. The van der Waals surface area contributed by atoms with Gasteiger partial charge in [-0.05, 0) is 36.0 Å². The molecule has 2 aromatic rings. The molecule has 0 spiro atoms. The van der Waals surface area contributed by atoms with E-state index in [0.717, 1.165) is 24.1 Å². The number of para-hydroxylation sites is 1. The third kappa shape index (κ3) is 2.23. The van der Waals surface area contributed by atoms with E-state index in [1.807, 2.05) is 18.2 Å². The fourth-order valence-corrected chi connectivity index (χ4v) is 4.06. The van der Waals surface area contributed by atoms with Crippen LogP contribution in [0.1, 0.15) is 43.6 Å². The minimum Gasteiger partial charge on any atom is -0.272 e. The van der Waals surface area contributed by atoms with Crippen LogP contribution in [0.15, 0.2) is 48.5 Å². The summed E-state index contributed by atoms with van der Waals surface area (Å²) in [5.41, 5.74) is 4.26. The number of carbonyl (C=O) groups excluding carboxylic acids is 1. The molecule has 1 radical (unpaired) electrons. The Labute approximate surface area is 131 Å². The summed E-state index contributed by atoms with van der Waals surface area (Å²) in [5, 5.41) is 4.47. The fourth-order valence-electron chi connectivity index (χ4n) is 4.06. The quantitative estimate of drug-likeness (QED) is 0.742. The molecule has 1 unspecified atom stereocenters. The maximum Gasteiger partial charge on any atom is 0.254 e. The van der Waals surface area contributed by atoms with Gasteiger partial charge in [0.1, 0.15) is 0 Å². The van der Waals surface area contributed by atoms with Crippen LogP contribution in [0.2, 0.25) is 0 Å². The number of nitrogens with zero attached hydrogens (tertiary/aromatic N) is 1. The first-order valence-electron chi connectivity index (χ1n) is 8.28. The van der Waals surface area contributed by atoms with Gasteiger partial charge in [-0.1, -0.05) is 61.7 Å². The van der Waals surface area contributed by atoms with Crippen molar-refractivity contribution in [1.82, 2.24) is 5.32 Å². The lowest BCUT2D eigenvalue weighted by Crippen LogP contribution is -2.27. The van der Waals surface area contributed by atoms with E-state index in [2.05, 4.69) is 35.6 Å². The summed E-state index contributed by atoms with van der Waals surface area (Å²) < 4.78 is 0. The molecule has 1 heterocycles. The molecule has 2 nitrogen and oxygen atoms in total. The highest BCUT2D eigenvalue weighted by atomic mass is 16.1. The van der Waals surface area contributed by atoms with Crippen molar-refractivity contribution >= 4 is 11.6 Å². The molecule has 111 valence electrons. The van der Waals surface area contributed by atoms with E-state index in [1.54, 1.807) is 0 Å². The molecule has 0 saturated heterocycles. The maximum absolute atomic E-state index is 12.9. The number of benzene rings is 2. The minimum absolute atomic E-state index is 0.0456. The number of carbonyl (C=O) groups is 1. The normalized spacial score (nSPS) is 21.5. The highest BCUT2D eigenvalue weighted by Gasteiger charge is 2.35. The zero-order valence-electron chi connectivity index (χ0n) is 12.7. The molecule has 2 aromatic carbocycles. The van der Waals surface area contributed by atoms with Gasteiger partial charge in [-0.25, -0.2) is 5.32 Å². The fraction of sp³-hybridized carbons (Fsp3) is 0.350. The van der Waals surface area contributed by atoms with Gasteiger partial charge in [0.15, 0.2) is 0 Å². The summed E-state index contributed by atoms with van der Waals surface area (Å²) in [6.07, 6.45) is 6.08. The highest BCUT2D eigenvalue weighted by Crippen LogP contribution is 2.44. The van der Waals surface area contributed by atoms with Gasteiger partial charge in [0.05, 0.1) is 11.6 Å². The predicted octanol–water partition coefficient (Wildman–Crippen LogP) is 4.79. The van der Waals surface area contributed by atoms with E-state index >= 15 is 0 Å². The summed E-state index contributed by atoms with van der Waals surface area (Å²) >= 11 is 0. The van der Waals surface area contributed by atoms with Crippen LogP contribution in [-0.2, 0) is 4.79 Å². The van der Waals surface area contributed by atoms with Crippen LogP contribution in [0.3, 0.4) is 0 Å². The van der Waals surface area contributed by atoms with Crippen LogP contribution < -0.4 is 5.32 Å². The van der Waals surface area contributed by atoms with Crippen molar-refractivity contribution in [2.45, 2.75) is 38.0 Å². The summed E-state index contributed by atoms with van der Waals surface area (Å²) in [4.78, 5) is 12.9. The van der Waals surface area contributed by atoms with Gasteiger partial charge in [0, 0.05) is 5.56 Å². The lowest BCUT2D eigenvalue weighted by molar-refractivity contribution is -0.123. The monoisotopic (exact) mass is 290 g/mol. The molecule has 4 rings (SSSR count). The van der Waals surface area contributed by atoms with E-state index < -0.39 is 0 Å². The third-order valence-electron chi connectivity index (χ3n) is 5.11. The zero-order chi connectivity index (χ0) is 14.9. The van der Waals surface area contributed by atoms with Gasteiger partial charge in [0.2, 0.25) is 0 Å². The second-order valence-corrected chi connectivity index (χ2v) is 6.43. The van der Waals surface area contributed by atoms with Crippen molar-refractivity contribution in [2.24, 2.45) is 5.92 Å². The van der Waals surface area contributed by atoms with Crippen molar-refractivity contribution < 1.29 is 4.79 Å². The van der Waals surface area contributed by atoms with Crippen molar-refractivity contribution in [3.63, 3.8) is 0 Å². The van der Waals surface area contributed by atoms with Crippen molar-refractivity contribution in [3.05, 3.63) is 54.1 Å². The Hall–Kier alpha value is -2.09. The molecular formula is C20H20NO. The Morgan fingerprint density at radius 2 is 1.50 bits per heavy atom. The largest absolute Gasteiger partial charge is 0.272 e. The van der Waals surface area contributed by atoms with Crippen molar-refractivity contribution in [1.29, 1.82) is 0 Å². The van der Waals surface area contributed by atoms with Crippen LogP contribution in [0.25, 0.3) is 11.1 Å². The minimum atomic E-state index is -0.0658. The average molecular weight is 290 g/mol. The lowest BCUT2D eigenvalue weighted by Gasteiger charge is -2.29. The average Bonchev–Trinajstić information content (AvgIpc) is 2.69. The number of hydrogen-bond acceptors (Lipinski definition) is 1. The van der Waals surface area contributed by atoms with E-state index in [-0.39, 0.29) is 11.8 Å². The standard InChI is InChI=1S/C20H20NO/c22-20-19(14-8-2-1-3-9-14)17-12-5-4-10-15(17)16-11-6-7-13-18(16)21-20/h4-7,10-14,19H,1-3,8-9H2. The SMILES string of the molecule is O=C1[N]c2ccccc2-c2ccccc2C1C1CCCCC1. The molecule has 1 atom stereocenters. The van der Waals surface area contributed by atoms with Gasteiger partial charge < -0.3 is 0 Å². The first kappa shape index (κ1) is 13.6. The third-order valence-corrected chi connectivity index (χ3v) is 5.11. The molecule has 1 aliphatic carbocycles. The molecule has 1 saturated carbocycles. The lowest BCUT2D eigenvalue weighted by atomic mass is 9.75. The Balaban J connectivity index is 1.86. The van der Waals surface area contributed by atoms with Crippen LogP contribution in [-0.4, -0.2) is 5.91 Å². The molecular weight excluding hydrogens is 270 g/mol. The Bertz CT molecular complexity index is 700. The van der Waals surface area contributed by atoms with E-state index in [9.17, 15) is 4.79 Å². The van der Waals surface area contributed by atoms with Crippen molar-refractivity contribution in [2.75, 3.05) is 0 Å². The summed E-state index contributed by atoms with van der Waals surface area (Å²) in [6, 6.07) is 16.4. The highest BCUT2D eigenvalue weighted by molar-refractivity contribution is 5.96. The number of amides is 1. The predicted molar refractivity (Wildman–Crippen MR) is 88.0 cm³/mol. The van der Waals surface area contributed by atoms with E-state index in [1.165, 1.54) is 30.4 Å². The van der Waals surface area contributed by atoms with Gasteiger partial charge in [0.25, 0.3) is 5.91 Å². The van der Waals surface area contributed by atoms with Crippen LogP contribution in [0.4, 0.5) is 5.69 Å². The number of hydrogen-bond donors (Lipinski definition) is 0. The van der Waals surface area contributed by atoms with Gasteiger partial charge >= 0.3 is 0 Å². The van der Waals surface area contributed by atoms with Gasteiger partial charge in [-0.15, -0.1) is 0 Å². The molecule has 22 heavy (non-hydrogen) atoms. The van der Waals surface area contributed by atoms with E-state index in [4.69, 9.17) is 0 Å².